The van der Waals surface area contributed by atoms with Gasteiger partial charge in [-0.3, -0.25) is 33.7 Å². The highest BCUT2D eigenvalue weighted by Gasteiger charge is 2.35. The van der Waals surface area contributed by atoms with Crippen LogP contribution in [0.25, 0.3) is 0 Å². The van der Waals surface area contributed by atoms with Crippen LogP contribution in [0.15, 0.2) is 0 Å². The van der Waals surface area contributed by atoms with Crippen molar-refractivity contribution in [2.45, 2.75) is 49.9 Å². The van der Waals surface area contributed by atoms with Crippen LogP contribution >= 0.6 is 21.6 Å². The minimum absolute atomic E-state index is 0.179. The molecule has 0 heterocycles. The number of aliphatic carboxylic acids is 5. The van der Waals surface area contributed by atoms with Gasteiger partial charge >= 0.3 is 29.8 Å². The smallest absolute Gasteiger partial charge is 0.327 e. The number of hydrogen-bond donors (Lipinski definition) is 9. The van der Waals surface area contributed by atoms with Crippen molar-refractivity contribution in [2.24, 2.45) is 11.5 Å². The standard InChI is InChI=1S/C18H29N5O12S2/c19-8(15(28)29)1-3-12(24)23(13(25)4-2-9(20)16(30)31)11(18(34)35)7-37-36-6-10(17(32)33)22-21-5-14(26)27/h8-11,21-22H,1-7,19-20H2,(H,26,27)(H,28,29)(H,30,31)(H,32,33)(H,34,35)/t8-,9-,10-,11-/m0/s1. The molecule has 0 bridgehead atoms. The van der Waals surface area contributed by atoms with Gasteiger partial charge in [0.05, 0.1) is 0 Å². The zero-order valence-electron chi connectivity index (χ0n) is 19.3. The van der Waals surface area contributed by atoms with Crippen LogP contribution in [0.2, 0.25) is 0 Å². The number of hydrogen-bond acceptors (Lipinski definition) is 13. The molecule has 210 valence electrons. The number of imide groups is 1. The van der Waals surface area contributed by atoms with Gasteiger partial charge in [-0.25, -0.2) is 15.6 Å². The second kappa shape index (κ2) is 17.5. The Bertz CT molecular complexity index is 825. The van der Waals surface area contributed by atoms with E-state index in [0.717, 1.165) is 21.6 Å². The van der Waals surface area contributed by atoms with Crippen molar-refractivity contribution in [3.63, 3.8) is 0 Å². The molecule has 0 unspecified atom stereocenters. The first-order valence-electron chi connectivity index (χ1n) is 10.4. The number of carbonyl (C=O) groups excluding carboxylic acids is 2. The van der Waals surface area contributed by atoms with Crippen LogP contribution in [-0.4, -0.2) is 114 Å². The number of carboxylic acids is 5. The van der Waals surface area contributed by atoms with Crippen LogP contribution in [-0.2, 0) is 33.6 Å². The van der Waals surface area contributed by atoms with Crippen molar-refractivity contribution in [3.05, 3.63) is 0 Å². The van der Waals surface area contributed by atoms with Crippen LogP contribution in [0.3, 0.4) is 0 Å². The highest BCUT2D eigenvalue weighted by atomic mass is 33.1. The molecule has 0 aliphatic rings. The Morgan fingerprint density at radius 2 is 1.16 bits per heavy atom. The van der Waals surface area contributed by atoms with Crippen LogP contribution < -0.4 is 22.3 Å². The van der Waals surface area contributed by atoms with E-state index in [-0.39, 0.29) is 5.75 Å². The molecule has 0 fully saturated rings. The van der Waals surface area contributed by atoms with Crippen LogP contribution in [0.1, 0.15) is 25.7 Å². The molecule has 0 radical (unpaired) electrons. The zero-order valence-corrected chi connectivity index (χ0v) is 20.9. The number of rotatable bonds is 20. The van der Waals surface area contributed by atoms with E-state index in [2.05, 4.69) is 10.9 Å². The van der Waals surface area contributed by atoms with Gasteiger partial charge in [0.15, 0.2) is 0 Å². The molecule has 0 aromatic rings. The zero-order chi connectivity index (χ0) is 28.7. The second-order valence-corrected chi connectivity index (χ2v) is 9.88. The van der Waals surface area contributed by atoms with Gasteiger partial charge < -0.3 is 37.0 Å². The fourth-order valence-corrected chi connectivity index (χ4v) is 4.79. The average molecular weight is 572 g/mol. The minimum atomic E-state index is -1.76. The number of nitrogens with zero attached hydrogens (tertiary/aromatic N) is 1. The quantitative estimate of drug-likeness (QED) is 0.0404. The fraction of sp³-hybridized carbons (Fsp3) is 0.611. The summed E-state index contributed by atoms with van der Waals surface area (Å²) in [6.45, 7) is -0.571. The summed E-state index contributed by atoms with van der Waals surface area (Å²) in [4.78, 5) is 81.4. The maximum absolute atomic E-state index is 12.7. The Morgan fingerprint density at radius 1 is 0.703 bits per heavy atom. The average Bonchev–Trinajstić information content (AvgIpc) is 2.80. The van der Waals surface area contributed by atoms with Crippen LogP contribution in [0, 0.1) is 0 Å². The third kappa shape index (κ3) is 13.8. The van der Waals surface area contributed by atoms with Gasteiger partial charge in [0.2, 0.25) is 11.8 Å². The topological polar surface area (TPSA) is 300 Å². The Labute approximate surface area is 217 Å². The summed E-state index contributed by atoms with van der Waals surface area (Å²) in [6, 6.07) is -5.94. The van der Waals surface area contributed by atoms with E-state index in [4.69, 9.17) is 26.8 Å². The number of carboxylic acid groups (broad SMARTS) is 5. The molecule has 0 aliphatic carbocycles. The molecule has 11 N–H and O–H groups in total. The maximum Gasteiger partial charge on any atom is 0.327 e. The summed E-state index contributed by atoms with van der Waals surface area (Å²) in [6.07, 6.45) is -2.00. The SMILES string of the molecule is N[C@@H](CCC(=O)N(C(=O)CC[C@H](N)C(=O)O)[C@@H](CSSC[C@H](NNCC(=O)O)C(=O)O)C(=O)O)C(=O)O. The molecule has 0 aliphatic heterocycles. The molecule has 2 amide bonds. The molecule has 0 spiro atoms. The summed E-state index contributed by atoms with van der Waals surface area (Å²) in [5, 5.41) is 45.2. The lowest BCUT2D eigenvalue weighted by atomic mass is 10.1. The first-order valence-corrected chi connectivity index (χ1v) is 12.9. The molecule has 0 aromatic heterocycles. The van der Waals surface area contributed by atoms with E-state index in [1.807, 2.05) is 0 Å². The van der Waals surface area contributed by atoms with Crippen molar-refractivity contribution < 1.29 is 59.1 Å². The highest BCUT2D eigenvalue weighted by Crippen LogP contribution is 2.25. The molecule has 17 nitrogen and oxygen atoms in total. The van der Waals surface area contributed by atoms with Gasteiger partial charge in [0.25, 0.3) is 0 Å². The minimum Gasteiger partial charge on any atom is -0.480 e. The van der Waals surface area contributed by atoms with Crippen molar-refractivity contribution in [1.82, 2.24) is 15.8 Å². The third-order valence-electron chi connectivity index (χ3n) is 4.46. The van der Waals surface area contributed by atoms with Crippen LogP contribution in [0.4, 0.5) is 0 Å². The van der Waals surface area contributed by atoms with E-state index in [9.17, 15) is 43.8 Å². The Morgan fingerprint density at radius 3 is 1.54 bits per heavy atom. The lowest BCUT2D eigenvalue weighted by Gasteiger charge is -2.27. The van der Waals surface area contributed by atoms with E-state index >= 15 is 0 Å². The van der Waals surface area contributed by atoms with Gasteiger partial charge in [-0.15, -0.1) is 0 Å². The number of amides is 2. The van der Waals surface area contributed by atoms with Crippen LogP contribution in [0.5, 0.6) is 0 Å². The van der Waals surface area contributed by atoms with Gasteiger partial charge in [-0.2, -0.15) is 0 Å². The normalized spacial score (nSPS) is 14.1. The van der Waals surface area contributed by atoms with Gasteiger partial charge in [0, 0.05) is 24.3 Å². The fourth-order valence-electron chi connectivity index (χ4n) is 2.44. The highest BCUT2D eigenvalue weighted by molar-refractivity contribution is 8.76. The molecule has 0 saturated heterocycles. The van der Waals surface area contributed by atoms with E-state index in [1.54, 1.807) is 0 Å². The van der Waals surface area contributed by atoms with Crippen molar-refractivity contribution >= 4 is 63.2 Å². The summed E-state index contributed by atoms with van der Waals surface area (Å²) >= 11 is 0. The van der Waals surface area contributed by atoms with Crippen molar-refractivity contribution in [3.8, 4) is 0 Å². The molecule has 19 heteroatoms. The maximum atomic E-state index is 12.7. The lowest BCUT2D eigenvalue weighted by Crippen LogP contribution is -2.51. The van der Waals surface area contributed by atoms with E-state index in [1.165, 1.54) is 0 Å². The predicted molar refractivity (Wildman–Crippen MR) is 128 cm³/mol. The Kier molecular flexibility index (Phi) is 16.1. The van der Waals surface area contributed by atoms with Gasteiger partial charge in [0.1, 0.15) is 30.7 Å². The lowest BCUT2D eigenvalue weighted by molar-refractivity contribution is -0.157. The largest absolute Gasteiger partial charge is 0.480 e. The molecule has 0 rings (SSSR count). The van der Waals surface area contributed by atoms with E-state index in [0.29, 0.717) is 4.90 Å². The molecule has 0 saturated carbocycles. The molecular weight excluding hydrogens is 542 g/mol. The van der Waals surface area contributed by atoms with Gasteiger partial charge in [-0.1, -0.05) is 21.6 Å². The summed E-state index contributed by atoms with van der Waals surface area (Å²) in [5.41, 5.74) is 15.2. The first kappa shape index (κ1) is 34.0. The molecule has 4 atom stereocenters. The van der Waals surface area contributed by atoms with Gasteiger partial charge in [-0.05, 0) is 12.8 Å². The molecular formula is C18H29N5O12S2. The summed E-state index contributed by atoms with van der Waals surface area (Å²) in [5.74, 6) is -9.71. The number of hydrazine groups is 1. The van der Waals surface area contributed by atoms with Crippen molar-refractivity contribution in [1.29, 1.82) is 0 Å². The Hall–Kier alpha value is -2.97. The van der Waals surface area contributed by atoms with Crippen molar-refractivity contribution in [2.75, 3.05) is 18.1 Å². The third-order valence-corrected chi connectivity index (χ3v) is 6.87. The monoisotopic (exact) mass is 571 g/mol. The molecule has 37 heavy (non-hydrogen) atoms. The van der Waals surface area contributed by atoms with E-state index < -0.39 is 104 Å². The number of carbonyl (C=O) groups is 7. The first-order chi connectivity index (χ1) is 17.2. The molecule has 0 aromatic carbocycles. The number of nitrogens with one attached hydrogen (secondary N) is 2. The summed E-state index contributed by atoms with van der Waals surface area (Å²) in [7, 11) is 1.66. The second-order valence-electron chi connectivity index (χ2n) is 7.33. The number of nitrogens with two attached hydrogens (primary N) is 2. The predicted octanol–water partition coefficient (Wildman–Crippen LogP) is -2.81. The summed E-state index contributed by atoms with van der Waals surface area (Å²) < 4.78 is 0. The Balaban J connectivity index is 5.41.